The molecule has 2 aromatic rings. The molecule has 1 aliphatic heterocycles. The molecule has 24 heavy (non-hydrogen) atoms. The van der Waals surface area contributed by atoms with Crippen molar-refractivity contribution in [3.8, 4) is 5.75 Å². The highest BCUT2D eigenvalue weighted by Crippen LogP contribution is 2.34. The fraction of sp³-hybridized carbons (Fsp3) is 0.474. The average Bonchev–Trinajstić information content (AvgIpc) is 3.24. The first kappa shape index (κ1) is 16.6. The number of aromatic nitrogens is 1. The predicted octanol–water partition coefficient (Wildman–Crippen LogP) is 3.71. The van der Waals surface area contributed by atoms with Crippen LogP contribution in [0, 0.1) is 0 Å². The van der Waals surface area contributed by atoms with Gasteiger partial charge in [0.15, 0.2) is 5.76 Å². The highest BCUT2D eigenvalue weighted by molar-refractivity contribution is 5.80. The normalized spacial score (nSPS) is 17.5. The Balaban J connectivity index is 1.76. The lowest BCUT2D eigenvalue weighted by Crippen LogP contribution is -2.31. The molecular weight excluding hydrogens is 304 g/mol. The minimum absolute atomic E-state index is 0.00722. The molecule has 0 N–H and O–H groups in total. The monoisotopic (exact) mass is 328 g/mol. The fourth-order valence-corrected chi connectivity index (χ4v) is 3.21. The van der Waals surface area contributed by atoms with E-state index in [1.165, 1.54) is 0 Å². The molecule has 0 saturated carbocycles. The van der Waals surface area contributed by atoms with E-state index in [9.17, 15) is 4.79 Å². The van der Waals surface area contributed by atoms with Gasteiger partial charge in [0.05, 0.1) is 25.3 Å². The summed E-state index contributed by atoms with van der Waals surface area (Å²) in [7, 11) is 1.63. The Morgan fingerprint density at radius 3 is 2.92 bits per heavy atom. The van der Waals surface area contributed by atoms with Crippen molar-refractivity contribution >= 4 is 5.91 Å². The molecule has 0 bridgehead atoms. The van der Waals surface area contributed by atoms with Gasteiger partial charge in [0, 0.05) is 18.2 Å². The van der Waals surface area contributed by atoms with E-state index in [2.05, 4.69) is 19.0 Å². The second-order valence-corrected chi connectivity index (χ2v) is 6.54. The van der Waals surface area contributed by atoms with Crippen LogP contribution >= 0.6 is 0 Å². The molecule has 1 aliphatic rings. The van der Waals surface area contributed by atoms with E-state index >= 15 is 0 Å². The van der Waals surface area contributed by atoms with Crippen LogP contribution in [0.5, 0.6) is 5.75 Å². The summed E-state index contributed by atoms with van der Waals surface area (Å²) in [5.74, 6) is 1.97. The topological polar surface area (TPSA) is 55.6 Å². The molecule has 2 heterocycles. The van der Waals surface area contributed by atoms with Gasteiger partial charge >= 0.3 is 0 Å². The zero-order chi connectivity index (χ0) is 17.1. The maximum Gasteiger partial charge on any atom is 0.227 e. The lowest BCUT2D eigenvalue weighted by Gasteiger charge is -2.23. The summed E-state index contributed by atoms with van der Waals surface area (Å²) < 4.78 is 10.9. The van der Waals surface area contributed by atoms with E-state index in [1.807, 2.05) is 35.2 Å². The predicted molar refractivity (Wildman–Crippen MR) is 91.0 cm³/mol. The largest absolute Gasteiger partial charge is 0.496 e. The Labute approximate surface area is 142 Å². The van der Waals surface area contributed by atoms with Crippen LogP contribution < -0.4 is 4.74 Å². The number of para-hydroxylation sites is 1. The number of methoxy groups -OCH3 is 1. The van der Waals surface area contributed by atoms with Crippen molar-refractivity contribution in [2.75, 3.05) is 13.7 Å². The van der Waals surface area contributed by atoms with E-state index in [-0.39, 0.29) is 11.9 Å². The molecule has 1 amide bonds. The number of benzene rings is 1. The molecule has 1 aromatic carbocycles. The van der Waals surface area contributed by atoms with Crippen molar-refractivity contribution in [3.63, 3.8) is 0 Å². The molecule has 0 spiro atoms. The number of amides is 1. The van der Waals surface area contributed by atoms with Crippen LogP contribution in [0.15, 0.2) is 34.9 Å². The lowest BCUT2D eigenvalue weighted by molar-refractivity contribution is -0.131. The molecule has 128 valence electrons. The lowest BCUT2D eigenvalue weighted by atomic mass is 10.1. The third-order valence-corrected chi connectivity index (χ3v) is 4.57. The van der Waals surface area contributed by atoms with Crippen LogP contribution in [0.4, 0.5) is 0 Å². The Bertz CT molecular complexity index is 708. The molecular formula is C19H24N2O3. The molecule has 0 aliphatic carbocycles. The Kier molecular flexibility index (Phi) is 4.88. The van der Waals surface area contributed by atoms with Crippen molar-refractivity contribution in [2.24, 2.45) is 0 Å². The molecule has 1 saturated heterocycles. The minimum atomic E-state index is -0.00722. The number of ether oxygens (including phenoxy) is 1. The van der Waals surface area contributed by atoms with Crippen LogP contribution in [0.1, 0.15) is 55.7 Å². The van der Waals surface area contributed by atoms with Gasteiger partial charge in [-0.15, -0.1) is 0 Å². The van der Waals surface area contributed by atoms with E-state index < -0.39 is 0 Å². The maximum absolute atomic E-state index is 12.8. The van der Waals surface area contributed by atoms with Crippen LogP contribution in [0.2, 0.25) is 0 Å². The molecule has 1 fully saturated rings. The number of likely N-dealkylation sites (tertiary alicyclic amines) is 1. The number of rotatable bonds is 5. The Hall–Kier alpha value is -2.30. The molecule has 3 rings (SSSR count). The van der Waals surface area contributed by atoms with E-state index in [0.717, 1.165) is 42.2 Å². The molecule has 1 atom stereocenters. The first-order chi connectivity index (χ1) is 11.6. The fourth-order valence-electron chi connectivity index (χ4n) is 3.21. The average molecular weight is 328 g/mol. The molecule has 5 heteroatoms. The summed E-state index contributed by atoms with van der Waals surface area (Å²) in [6.07, 6.45) is 2.25. The third kappa shape index (κ3) is 3.30. The summed E-state index contributed by atoms with van der Waals surface area (Å²) >= 11 is 0. The summed E-state index contributed by atoms with van der Waals surface area (Å²) in [5, 5.41) is 4.13. The number of hydrogen-bond donors (Lipinski definition) is 0. The smallest absolute Gasteiger partial charge is 0.227 e. The van der Waals surface area contributed by atoms with Crippen LogP contribution in [0.3, 0.4) is 0 Å². The van der Waals surface area contributed by atoms with Crippen LogP contribution in [0.25, 0.3) is 0 Å². The van der Waals surface area contributed by atoms with Gasteiger partial charge < -0.3 is 14.2 Å². The molecule has 0 radical (unpaired) electrons. The van der Waals surface area contributed by atoms with E-state index in [0.29, 0.717) is 12.3 Å². The molecule has 0 unspecified atom stereocenters. The highest BCUT2D eigenvalue weighted by Gasteiger charge is 2.33. The Morgan fingerprint density at radius 1 is 1.42 bits per heavy atom. The van der Waals surface area contributed by atoms with Gasteiger partial charge in [-0.25, -0.2) is 0 Å². The SMILES string of the molecule is COc1ccccc1CC(=O)N1CCC[C@@H]1c1cc(C(C)C)no1. The number of carbonyl (C=O) groups excluding carboxylic acids is 1. The van der Waals surface area contributed by atoms with Crippen molar-refractivity contribution < 1.29 is 14.1 Å². The van der Waals surface area contributed by atoms with Gasteiger partial charge in [0.25, 0.3) is 0 Å². The first-order valence-corrected chi connectivity index (χ1v) is 8.48. The number of nitrogens with zero attached hydrogens (tertiary/aromatic N) is 2. The summed E-state index contributed by atoms with van der Waals surface area (Å²) in [5.41, 5.74) is 1.85. The third-order valence-electron chi connectivity index (χ3n) is 4.57. The molecule has 5 nitrogen and oxygen atoms in total. The van der Waals surface area contributed by atoms with Crippen molar-refractivity contribution in [1.29, 1.82) is 0 Å². The maximum atomic E-state index is 12.8. The summed E-state index contributed by atoms with van der Waals surface area (Å²) in [4.78, 5) is 14.7. The zero-order valence-corrected chi connectivity index (χ0v) is 14.5. The number of hydrogen-bond acceptors (Lipinski definition) is 4. The van der Waals surface area contributed by atoms with Crippen LogP contribution in [-0.2, 0) is 11.2 Å². The second-order valence-electron chi connectivity index (χ2n) is 6.54. The van der Waals surface area contributed by atoms with Crippen molar-refractivity contribution in [2.45, 2.75) is 45.1 Å². The van der Waals surface area contributed by atoms with Gasteiger partial charge in [-0.1, -0.05) is 37.2 Å². The highest BCUT2D eigenvalue weighted by atomic mass is 16.5. The van der Waals surface area contributed by atoms with Crippen LogP contribution in [-0.4, -0.2) is 29.6 Å². The second kappa shape index (κ2) is 7.07. The van der Waals surface area contributed by atoms with Gasteiger partial charge in [0.1, 0.15) is 5.75 Å². The summed E-state index contributed by atoms with van der Waals surface area (Å²) in [6, 6.07) is 9.64. The van der Waals surface area contributed by atoms with Crippen molar-refractivity contribution in [3.05, 3.63) is 47.3 Å². The molecule has 1 aromatic heterocycles. The van der Waals surface area contributed by atoms with Gasteiger partial charge in [-0.2, -0.15) is 0 Å². The standard InChI is InChI=1S/C19H24N2O3/c1-13(2)15-12-18(24-20-15)16-8-6-10-21(16)19(22)11-14-7-4-5-9-17(14)23-3/h4-5,7,9,12-13,16H,6,8,10-11H2,1-3H3/t16-/m1/s1. The van der Waals surface area contributed by atoms with Crippen molar-refractivity contribution in [1.82, 2.24) is 10.1 Å². The summed E-state index contributed by atoms with van der Waals surface area (Å²) in [6.45, 7) is 4.93. The van der Waals surface area contributed by atoms with E-state index in [4.69, 9.17) is 9.26 Å². The van der Waals surface area contributed by atoms with E-state index in [1.54, 1.807) is 7.11 Å². The minimum Gasteiger partial charge on any atom is -0.496 e. The van der Waals surface area contributed by atoms with Gasteiger partial charge in [-0.05, 0) is 24.8 Å². The Morgan fingerprint density at radius 2 is 2.21 bits per heavy atom. The van der Waals surface area contributed by atoms with Gasteiger partial charge in [-0.3, -0.25) is 4.79 Å². The zero-order valence-electron chi connectivity index (χ0n) is 14.5. The first-order valence-electron chi connectivity index (χ1n) is 8.48. The number of carbonyl (C=O) groups is 1. The quantitative estimate of drug-likeness (QED) is 0.839. The van der Waals surface area contributed by atoms with Gasteiger partial charge in [0.2, 0.25) is 5.91 Å².